The number of aryl methyl sites for hydroxylation is 1. The fourth-order valence-corrected chi connectivity index (χ4v) is 1.63. The topological polar surface area (TPSA) is 66.0 Å². The third-order valence-electron chi connectivity index (χ3n) is 2.57. The number of ether oxygens (including phenoxy) is 1. The van der Waals surface area contributed by atoms with E-state index in [9.17, 15) is 0 Å². The van der Waals surface area contributed by atoms with Crippen molar-refractivity contribution < 1.29 is 4.74 Å². The van der Waals surface area contributed by atoms with Crippen molar-refractivity contribution in [3.8, 4) is 11.6 Å². The third-order valence-corrected chi connectivity index (χ3v) is 2.57. The first-order valence-corrected chi connectivity index (χ1v) is 6.11. The highest BCUT2D eigenvalue weighted by Crippen LogP contribution is 2.21. The number of aromatic nitrogens is 3. The number of rotatable bonds is 5. The highest BCUT2D eigenvalue weighted by atomic mass is 16.5. The van der Waals surface area contributed by atoms with Crippen molar-refractivity contribution in [3.05, 3.63) is 36.3 Å². The Labute approximate surface area is 107 Å². The van der Waals surface area contributed by atoms with Crippen LogP contribution in [0.2, 0.25) is 0 Å². The molecule has 0 saturated carbocycles. The van der Waals surface area contributed by atoms with E-state index in [1.807, 2.05) is 29.9 Å². The van der Waals surface area contributed by atoms with Gasteiger partial charge in [-0.15, -0.1) is 0 Å². The standard InChI is InChI=1S/C13H18N4O/c1-3-6-17-9-12(8-16-17)18-13-7-11(10(2)14)4-5-15-13/h4-5,7-10H,3,6,14H2,1-2H3/t10-/m1/s1. The highest BCUT2D eigenvalue weighted by molar-refractivity contribution is 5.27. The summed E-state index contributed by atoms with van der Waals surface area (Å²) in [6, 6.07) is 3.71. The Bertz CT molecular complexity index is 507. The second kappa shape index (κ2) is 5.64. The van der Waals surface area contributed by atoms with Crippen molar-refractivity contribution in [2.45, 2.75) is 32.9 Å². The normalized spacial score (nSPS) is 12.4. The maximum atomic E-state index is 5.82. The molecule has 2 rings (SSSR count). The van der Waals surface area contributed by atoms with Crippen molar-refractivity contribution >= 4 is 0 Å². The zero-order valence-corrected chi connectivity index (χ0v) is 10.7. The Morgan fingerprint density at radius 1 is 1.50 bits per heavy atom. The Morgan fingerprint density at radius 2 is 2.33 bits per heavy atom. The van der Waals surface area contributed by atoms with Gasteiger partial charge in [-0.2, -0.15) is 5.10 Å². The van der Waals surface area contributed by atoms with E-state index in [-0.39, 0.29) is 6.04 Å². The predicted octanol–water partition coefficient (Wildman–Crippen LogP) is 2.50. The van der Waals surface area contributed by atoms with Crippen molar-refractivity contribution in [3.63, 3.8) is 0 Å². The van der Waals surface area contributed by atoms with Crippen LogP contribution in [0.3, 0.4) is 0 Å². The first-order chi connectivity index (χ1) is 8.69. The van der Waals surface area contributed by atoms with E-state index in [2.05, 4.69) is 17.0 Å². The molecule has 0 aromatic carbocycles. The van der Waals surface area contributed by atoms with E-state index < -0.39 is 0 Å². The number of nitrogens with zero attached hydrogens (tertiary/aromatic N) is 3. The summed E-state index contributed by atoms with van der Waals surface area (Å²) in [6.07, 6.45) is 6.30. The van der Waals surface area contributed by atoms with Crippen molar-refractivity contribution in [1.29, 1.82) is 0 Å². The molecule has 0 fully saturated rings. The molecule has 0 aliphatic carbocycles. The predicted molar refractivity (Wildman–Crippen MR) is 69.4 cm³/mol. The zero-order chi connectivity index (χ0) is 13.0. The lowest BCUT2D eigenvalue weighted by Crippen LogP contribution is -2.05. The van der Waals surface area contributed by atoms with Gasteiger partial charge in [0, 0.05) is 24.8 Å². The molecule has 5 nitrogen and oxygen atoms in total. The largest absolute Gasteiger partial charge is 0.436 e. The molecule has 2 heterocycles. The molecule has 96 valence electrons. The van der Waals surface area contributed by atoms with Crippen molar-refractivity contribution in [1.82, 2.24) is 14.8 Å². The van der Waals surface area contributed by atoms with E-state index in [1.54, 1.807) is 12.4 Å². The van der Waals surface area contributed by atoms with Gasteiger partial charge in [0.05, 0.1) is 12.4 Å². The van der Waals surface area contributed by atoms with Crippen molar-refractivity contribution in [2.75, 3.05) is 0 Å². The second-order valence-corrected chi connectivity index (χ2v) is 4.26. The molecule has 1 atom stereocenters. The van der Waals surface area contributed by atoms with E-state index in [4.69, 9.17) is 10.5 Å². The molecule has 2 aromatic heterocycles. The van der Waals surface area contributed by atoms with E-state index >= 15 is 0 Å². The number of nitrogens with two attached hydrogens (primary N) is 1. The molecule has 0 bridgehead atoms. The van der Waals surface area contributed by atoms with E-state index in [1.165, 1.54) is 0 Å². The fourth-order valence-electron chi connectivity index (χ4n) is 1.63. The van der Waals surface area contributed by atoms with Crippen LogP contribution in [0.5, 0.6) is 11.6 Å². The Kier molecular flexibility index (Phi) is 3.94. The van der Waals surface area contributed by atoms with Gasteiger partial charge in [-0.1, -0.05) is 6.92 Å². The minimum atomic E-state index is -0.0295. The molecule has 5 heteroatoms. The average Bonchev–Trinajstić information content (AvgIpc) is 2.77. The summed E-state index contributed by atoms with van der Waals surface area (Å²) >= 11 is 0. The molecule has 0 radical (unpaired) electrons. The van der Waals surface area contributed by atoms with Gasteiger partial charge in [0.2, 0.25) is 5.88 Å². The Morgan fingerprint density at radius 3 is 3.06 bits per heavy atom. The van der Waals surface area contributed by atoms with E-state index in [0.29, 0.717) is 11.6 Å². The summed E-state index contributed by atoms with van der Waals surface area (Å²) in [6.45, 7) is 4.92. The fraction of sp³-hybridized carbons (Fsp3) is 0.385. The minimum absolute atomic E-state index is 0.0295. The summed E-state index contributed by atoms with van der Waals surface area (Å²) < 4.78 is 7.50. The van der Waals surface area contributed by atoms with Crippen LogP contribution < -0.4 is 10.5 Å². The third kappa shape index (κ3) is 3.07. The van der Waals surface area contributed by atoms with Crippen LogP contribution in [0.15, 0.2) is 30.7 Å². The molecule has 0 aliphatic heterocycles. The number of hydrogen-bond acceptors (Lipinski definition) is 4. The zero-order valence-electron chi connectivity index (χ0n) is 10.7. The van der Waals surface area contributed by atoms with Crippen LogP contribution >= 0.6 is 0 Å². The number of hydrogen-bond donors (Lipinski definition) is 1. The molecule has 0 spiro atoms. The van der Waals surface area contributed by atoms with Crippen LogP contribution in [0.25, 0.3) is 0 Å². The molecule has 2 aromatic rings. The van der Waals surface area contributed by atoms with Crippen LogP contribution in [-0.2, 0) is 6.54 Å². The lowest BCUT2D eigenvalue weighted by atomic mass is 10.1. The molecular weight excluding hydrogens is 228 g/mol. The summed E-state index contributed by atoms with van der Waals surface area (Å²) in [5.41, 5.74) is 6.82. The summed E-state index contributed by atoms with van der Waals surface area (Å²) in [7, 11) is 0. The smallest absolute Gasteiger partial charge is 0.219 e. The lowest BCUT2D eigenvalue weighted by Gasteiger charge is -2.07. The van der Waals surface area contributed by atoms with Gasteiger partial charge in [-0.05, 0) is 25.0 Å². The molecule has 2 N–H and O–H groups in total. The van der Waals surface area contributed by atoms with Crippen molar-refractivity contribution in [2.24, 2.45) is 5.73 Å². The maximum Gasteiger partial charge on any atom is 0.219 e. The molecule has 0 saturated heterocycles. The van der Waals surface area contributed by atoms with E-state index in [0.717, 1.165) is 18.5 Å². The second-order valence-electron chi connectivity index (χ2n) is 4.26. The van der Waals surface area contributed by atoms with Crippen LogP contribution in [0.4, 0.5) is 0 Å². The number of pyridine rings is 1. The van der Waals surface area contributed by atoms with Gasteiger partial charge in [0.1, 0.15) is 0 Å². The van der Waals surface area contributed by atoms with Gasteiger partial charge in [-0.3, -0.25) is 4.68 Å². The Hall–Kier alpha value is -1.88. The molecule has 0 amide bonds. The minimum Gasteiger partial charge on any atom is -0.436 e. The first kappa shape index (κ1) is 12.6. The van der Waals surface area contributed by atoms with Gasteiger partial charge < -0.3 is 10.5 Å². The van der Waals surface area contributed by atoms with Crippen LogP contribution in [0.1, 0.15) is 31.9 Å². The van der Waals surface area contributed by atoms with Crippen LogP contribution in [0, 0.1) is 0 Å². The molecular formula is C13H18N4O. The Balaban J connectivity index is 2.10. The van der Waals surface area contributed by atoms with Gasteiger partial charge in [0.25, 0.3) is 0 Å². The first-order valence-electron chi connectivity index (χ1n) is 6.11. The van der Waals surface area contributed by atoms with Gasteiger partial charge >= 0.3 is 0 Å². The quantitative estimate of drug-likeness (QED) is 0.880. The molecule has 0 aliphatic rings. The van der Waals surface area contributed by atoms with Gasteiger partial charge in [0.15, 0.2) is 5.75 Å². The monoisotopic (exact) mass is 246 g/mol. The molecule has 18 heavy (non-hydrogen) atoms. The summed E-state index contributed by atoms with van der Waals surface area (Å²) in [5, 5.41) is 4.20. The lowest BCUT2D eigenvalue weighted by molar-refractivity contribution is 0.460. The molecule has 0 unspecified atom stereocenters. The van der Waals surface area contributed by atoms with Gasteiger partial charge in [-0.25, -0.2) is 4.98 Å². The maximum absolute atomic E-state index is 5.82. The highest BCUT2D eigenvalue weighted by Gasteiger charge is 2.05. The summed E-state index contributed by atoms with van der Waals surface area (Å²) in [5.74, 6) is 1.23. The average molecular weight is 246 g/mol. The SMILES string of the molecule is CCCn1cc(Oc2cc([C@@H](C)N)ccn2)cn1. The summed E-state index contributed by atoms with van der Waals surface area (Å²) in [4.78, 5) is 4.16. The van der Waals surface area contributed by atoms with Crippen LogP contribution in [-0.4, -0.2) is 14.8 Å².